The van der Waals surface area contributed by atoms with Crippen LogP contribution in [0.15, 0.2) is 108 Å². The molecule has 3 nitrogen and oxygen atoms in total. The fourth-order valence-electron chi connectivity index (χ4n) is 5.45. The highest BCUT2D eigenvalue weighted by molar-refractivity contribution is 6.08. The summed E-state index contributed by atoms with van der Waals surface area (Å²) in [5, 5.41) is 4.56. The maximum Gasteiger partial charge on any atom is 0.227 e. The van der Waals surface area contributed by atoms with Gasteiger partial charge in [0.15, 0.2) is 0 Å². The number of furan rings is 1. The van der Waals surface area contributed by atoms with Gasteiger partial charge >= 0.3 is 0 Å². The lowest BCUT2D eigenvalue weighted by molar-refractivity contribution is 0.653. The zero-order valence-corrected chi connectivity index (χ0v) is 21.6. The van der Waals surface area contributed by atoms with E-state index in [2.05, 4.69) is 110 Å². The smallest absolute Gasteiger partial charge is 0.227 e. The van der Waals surface area contributed by atoms with Gasteiger partial charge in [0.1, 0.15) is 5.58 Å². The summed E-state index contributed by atoms with van der Waals surface area (Å²) in [6, 6.07) is 34.4. The maximum atomic E-state index is 6.27. The summed E-state index contributed by atoms with van der Waals surface area (Å²) in [6.07, 6.45) is 1.97. The number of para-hydroxylation sites is 1. The van der Waals surface area contributed by atoms with Crippen LogP contribution in [0, 0.1) is 20.8 Å². The number of aryl methyl sites for hydroxylation is 3. The third kappa shape index (κ3) is 3.67. The molecule has 0 saturated heterocycles. The molecule has 0 amide bonds. The minimum atomic E-state index is 0.667. The van der Waals surface area contributed by atoms with Crippen molar-refractivity contribution in [1.29, 1.82) is 0 Å². The Hall–Kier alpha value is -4.76. The van der Waals surface area contributed by atoms with Crippen molar-refractivity contribution in [2.75, 3.05) is 0 Å². The van der Waals surface area contributed by atoms with E-state index in [-0.39, 0.29) is 0 Å². The van der Waals surface area contributed by atoms with Crippen LogP contribution in [0.25, 0.3) is 66.4 Å². The molecule has 0 radical (unpaired) electrons. The normalized spacial score (nSPS) is 11.6. The van der Waals surface area contributed by atoms with Crippen LogP contribution in [-0.2, 0) is 0 Å². The van der Waals surface area contributed by atoms with Crippen molar-refractivity contribution < 1.29 is 4.42 Å². The Bertz CT molecular complexity index is 2000. The number of fused-ring (bicyclic) bond motifs is 4. The first-order chi connectivity index (χ1) is 18.5. The molecule has 3 heterocycles. The van der Waals surface area contributed by atoms with E-state index in [0.29, 0.717) is 5.71 Å². The molecular formula is C35H26N2O. The minimum Gasteiger partial charge on any atom is -0.437 e. The van der Waals surface area contributed by atoms with Crippen LogP contribution in [0.2, 0.25) is 0 Å². The second-order valence-corrected chi connectivity index (χ2v) is 10.1. The van der Waals surface area contributed by atoms with Crippen molar-refractivity contribution in [3.05, 3.63) is 120 Å². The van der Waals surface area contributed by atoms with Gasteiger partial charge in [-0.1, -0.05) is 60.7 Å². The number of aromatic nitrogens is 2. The molecule has 0 saturated carbocycles. The fourth-order valence-corrected chi connectivity index (χ4v) is 5.45. The maximum absolute atomic E-state index is 6.27. The van der Waals surface area contributed by atoms with E-state index in [1.165, 1.54) is 38.6 Å². The predicted octanol–water partition coefficient (Wildman–Crippen LogP) is 9.46. The molecule has 0 N–H and O–H groups in total. The first-order valence-corrected chi connectivity index (χ1v) is 12.9. The number of hydrogen-bond donors (Lipinski definition) is 0. The lowest BCUT2D eigenvalue weighted by atomic mass is 9.92. The molecule has 0 unspecified atom stereocenters. The molecule has 0 aliphatic carbocycles. The molecule has 0 bridgehead atoms. The van der Waals surface area contributed by atoms with Crippen LogP contribution < -0.4 is 0 Å². The van der Waals surface area contributed by atoms with E-state index in [9.17, 15) is 0 Å². The molecule has 0 atom stereocenters. The Morgan fingerprint density at radius 2 is 1.42 bits per heavy atom. The molecule has 3 heteroatoms. The van der Waals surface area contributed by atoms with E-state index < -0.39 is 0 Å². The highest BCUT2D eigenvalue weighted by Crippen LogP contribution is 2.38. The van der Waals surface area contributed by atoms with E-state index in [4.69, 9.17) is 9.40 Å². The molecule has 0 aliphatic heterocycles. The van der Waals surface area contributed by atoms with Crippen LogP contribution in [0.5, 0.6) is 0 Å². The van der Waals surface area contributed by atoms with Crippen molar-refractivity contribution in [2.45, 2.75) is 20.8 Å². The zero-order chi connectivity index (χ0) is 25.8. The van der Waals surface area contributed by atoms with Gasteiger partial charge in [0.2, 0.25) is 5.71 Å². The Morgan fingerprint density at radius 1 is 0.579 bits per heavy atom. The lowest BCUT2D eigenvalue weighted by Crippen LogP contribution is -1.93. The second-order valence-electron chi connectivity index (χ2n) is 10.1. The van der Waals surface area contributed by atoms with Gasteiger partial charge < -0.3 is 4.42 Å². The number of hydrogen-bond acceptors (Lipinski definition) is 3. The summed E-state index contributed by atoms with van der Waals surface area (Å²) >= 11 is 0. The van der Waals surface area contributed by atoms with E-state index in [1.54, 1.807) is 0 Å². The number of nitrogens with zero attached hydrogens (tertiary/aromatic N) is 2. The molecule has 3 aromatic heterocycles. The Labute approximate surface area is 221 Å². The first kappa shape index (κ1) is 22.4. The topological polar surface area (TPSA) is 38.9 Å². The van der Waals surface area contributed by atoms with Crippen LogP contribution in [0.1, 0.15) is 16.8 Å². The second kappa shape index (κ2) is 8.67. The molecular weight excluding hydrogens is 464 g/mol. The molecule has 7 aromatic rings. The third-order valence-electron chi connectivity index (χ3n) is 7.46. The summed E-state index contributed by atoms with van der Waals surface area (Å²) < 4.78 is 6.27. The van der Waals surface area contributed by atoms with Gasteiger partial charge in [0, 0.05) is 28.2 Å². The largest absolute Gasteiger partial charge is 0.437 e. The molecule has 0 spiro atoms. The summed E-state index contributed by atoms with van der Waals surface area (Å²) in [4.78, 5) is 9.44. The summed E-state index contributed by atoms with van der Waals surface area (Å²) in [5.74, 6) is 0. The van der Waals surface area contributed by atoms with Gasteiger partial charge in [0.05, 0.1) is 5.69 Å². The Morgan fingerprint density at radius 3 is 2.29 bits per heavy atom. The number of pyridine rings is 2. The Kier molecular flexibility index (Phi) is 5.12. The average molecular weight is 491 g/mol. The first-order valence-electron chi connectivity index (χ1n) is 12.9. The summed E-state index contributed by atoms with van der Waals surface area (Å²) in [6.45, 7) is 6.30. The van der Waals surface area contributed by atoms with Gasteiger partial charge in [-0.05, 0) is 101 Å². The Balaban J connectivity index is 1.36. The highest BCUT2D eigenvalue weighted by atomic mass is 16.3. The van der Waals surface area contributed by atoms with Crippen LogP contribution in [0.4, 0.5) is 0 Å². The molecule has 0 fully saturated rings. The van der Waals surface area contributed by atoms with Crippen LogP contribution >= 0.6 is 0 Å². The van der Waals surface area contributed by atoms with Crippen molar-refractivity contribution >= 4 is 32.8 Å². The van der Waals surface area contributed by atoms with Gasteiger partial charge in [-0.2, -0.15) is 0 Å². The van der Waals surface area contributed by atoms with Gasteiger partial charge in [-0.15, -0.1) is 0 Å². The highest BCUT2D eigenvalue weighted by Gasteiger charge is 2.16. The predicted molar refractivity (Wildman–Crippen MR) is 157 cm³/mol. The van der Waals surface area contributed by atoms with Crippen molar-refractivity contribution in [1.82, 2.24) is 9.97 Å². The third-order valence-corrected chi connectivity index (χ3v) is 7.46. The van der Waals surface area contributed by atoms with Crippen LogP contribution in [0.3, 0.4) is 0 Å². The van der Waals surface area contributed by atoms with Gasteiger partial charge in [-0.3, -0.25) is 4.98 Å². The average Bonchev–Trinajstić information content (AvgIpc) is 3.31. The van der Waals surface area contributed by atoms with E-state index in [1.807, 2.05) is 19.2 Å². The quantitative estimate of drug-likeness (QED) is 0.248. The van der Waals surface area contributed by atoms with Crippen LogP contribution in [-0.4, -0.2) is 9.97 Å². The minimum absolute atomic E-state index is 0.667. The molecule has 4 aromatic carbocycles. The molecule has 0 aliphatic rings. The SMILES string of the molecule is Cc1ccc2c(n1)oc1c(-c3cc(-c4cc5ccc(-c6ccccc6)cc5cc4C)c(C)cn3)cccc12. The fraction of sp³-hybridized carbons (Fsp3) is 0.0857. The van der Waals surface area contributed by atoms with Gasteiger partial charge in [-0.25, -0.2) is 4.98 Å². The van der Waals surface area contributed by atoms with Crippen molar-refractivity contribution in [2.24, 2.45) is 0 Å². The number of rotatable bonds is 3. The molecule has 7 rings (SSSR count). The van der Waals surface area contributed by atoms with Crippen molar-refractivity contribution in [3.8, 4) is 33.5 Å². The van der Waals surface area contributed by atoms with Gasteiger partial charge in [0.25, 0.3) is 0 Å². The standard InChI is InChI=1S/C35H26N2O/c1-21-16-27-17-25(24-8-5-4-6-9-24)13-14-26(27)18-31(21)32-19-33(36-20-22(32)2)30-11-7-10-28-29-15-12-23(3)37-35(29)38-34(28)30/h4-20H,1-3H3. The summed E-state index contributed by atoms with van der Waals surface area (Å²) in [7, 11) is 0. The zero-order valence-electron chi connectivity index (χ0n) is 21.6. The molecule has 182 valence electrons. The van der Waals surface area contributed by atoms with E-state index >= 15 is 0 Å². The molecule has 38 heavy (non-hydrogen) atoms. The monoisotopic (exact) mass is 490 g/mol. The summed E-state index contributed by atoms with van der Waals surface area (Å²) in [5.41, 5.74) is 11.6. The lowest BCUT2D eigenvalue weighted by Gasteiger charge is -2.14. The number of benzene rings is 4. The van der Waals surface area contributed by atoms with Crippen molar-refractivity contribution in [3.63, 3.8) is 0 Å². The van der Waals surface area contributed by atoms with E-state index in [0.717, 1.165) is 38.9 Å².